The van der Waals surface area contributed by atoms with Crippen molar-refractivity contribution in [2.24, 2.45) is 0 Å². The molecule has 0 bridgehead atoms. The van der Waals surface area contributed by atoms with Crippen molar-refractivity contribution >= 4 is 18.9 Å². The third kappa shape index (κ3) is 2.43. The van der Waals surface area contributed by atoms with E-state index in [4.69, 9.17) is 14.5 Å². The average molecular weight is 234 g/mol. The zero-order chi connectivity index (χ0) is 12.4. The Labute approximate surface area is 96.5 Å². The number of carbonyl (C=O) groups excluding carboxylic acids is 1. The minimum absolute atomic E-state index is 0.0176. The molecule has 6 heteroatoms. The molecule has 4 nitrogen and oxygen atoms in total. The fraction of sp³-hybridized carbons (Fsp3) is 0. The topological polar surface area (TPSA) is 70.7 Å². The fourth-order valence-corrected chi connectivity index (χ4v) is 1.47. The molecular weight excluding hydrogens is 226 g/mol. The molecule has 0 aliphatic heterocycles. The third-order valence-corrected chi connectivity index (χ3v) is 2.25. The van der Waals surface area contributed by atoms with Gasteiger partial charge in [0, 0.05) is 5.56 Å². The molecule has 86 valence electrons. The first-order valence-electron chi connectivity index (χ1n) is 4.82. The number of furan rings is 1. The van der Waals surface area contributed by atoms with Gasteiger partial charge in [0.15, 0.2) is 12.0 Å². The SMILES string of the molecule is O=Cc1ccc(-c2cc(F)cc(B(O)O)c2)o1. The van der Waals surface area contributed by atoms with Gasteiger partial charge in [0.25, 0.3) is 0 Å². The van der Waals surface area contributed by atoms with Gasteiger partial charge in [0.05, 0.1) is 0 Å². The highest BCUT2D eigenvalue weighted by Gasteiger charge is 2.15. The lowest BCUT2D eigenvalue weighted by atomic mass is 9.79. The quantitative estimate of drug-likeness (QED) is 0.601. The van der Waals surface area contributed by atoms with Gasteiger partial charge in [-0.05, 0) is 29.7 Å². The Bertz CT molecular complexity index is 550. The van der Waals surface area contributed by atoms with Crippen LogP contribution in [0.5, 0.6) is 0 Å². The van der Waals surface area contributed by atoms with Gasteiger partial charge >= 0.3 is 7.12 Å². The molecule has 0 fully saturated rings. The van der Waals surface area contributed by atoms with Crippen LogP contribution in [0.15, 0.2) is 34.7 Å². The van der Waals surface area contributed by atoms with E-state index in [-0.39, 0.29) is 17.0 Å². The van der Waals surface area contributed by atoms with Gasteiger partial charge in [-0.25, -0.2) is 4.39 Å². The first-order chi connectivity index (χ1) is 8.10. The van der Waals surface area contributed by atoms with Gasteiger partial charge in [-0.1, -0.05) is 6.07 Å². The molecule has 1 aromatic carbocycles. The molecule has 1 aromatic heterocycles. The highest BCUT2D eigenvalue weighted by Crippen LogP contribution is 2.21. The Balaban J connectivity index is 2.47. The van der Waals surface area contributed by atoms with E-state index in [9.17, 15) is 9.18 Å². The summed E-state index contributed by atoms with van der Waals surface area (Å²) in [6.07, 6.45) is 0.532. The average Bonchev–Trinajstić information content (AvgIpc) is 2.76. The van der Waals surface area contributed by atoms with Crippen molar-refractivity contribution in [2.75, 3.05) is 0 Å². The van der Waals surface area contributed by atoms with Gasteiger partial charge in [-0.15, -0.1) is 0 Å². The van der Waals surface area contributed by atoms with Crippen LogP contribution in [0.4, 0.5) is 4.39 Å². The summed E-state index contributed by atoms with van der Waals surface area (Å²) >= 11 is 0. The smallest absolute Gasteiger partial charge is 0.453 e. The molecule has 0 aliphatic carbocycles. The summed E-state index contributed by atoms with van der Waals surface area (Å²) in [6, 6.07) is 6.52. The first kappa shape index (κ1) is 11.6. The first-order valence-corrected chi connectivity index (χ1v) is 4.82. The highest BCUT2D eigenvalue weighted by molar-refractivity contribution is 6.58. The maximum absolute atomic E-state index is 13.2. The number of aldehydes is 1. The lowest BCUT2D eigenvalue weighted by molar-refractivity contribution is 0.110. The minimum atomic E-state index is -1.76. The predicted octanol–water partition coefficient (Wildman–Crippen LogP) is 0.578. The third-order valence-electron chi connectivity index (χ3n) is 2.25. The van der Waals surface area contributed by atoms with Crippen LogP contribution < -0.4 is 5.46 Å². The molecule has 0 saturated heterocycles. The van der Waals surface area contributed by atoms with E-state index in [0.29, 0.717) is 11.8 Å². The summed E-state index contributed by atoms with van der Waals surface area (Å²) in [6.45, 7) is 0. The fourth-order valence-electron chi connectivity index (χ4n) is 1.47. The normalized spacial score (nSPS) is 10.3. The van der Waals surface area contributed by atoms with Gasteiger partial charge in [-0.2, -0.15) is 0 Å². The van der Waals surface area contributed by atoms with Gasteiger partial charge in [0.1, 0.15) is 11.6 Å². The van der Waals surface area contributed by atoms with E-state index in [1.165, 1.54) is 24.3 Å². The Morgan fingerprint density at radius 3 is 2.59 bits per heavy atom. The number of rotatable bonds is 3. The number of carbonyl (C=O) groups is 1. The summed E-state index contributed by atoms with van der Waals surface area (Å²) in [5.74, 6) is -0.210. The van der Waals surface area contributed by atoms with Crippen molar-refractivity contribution in [2.45, 2.75) is 0 Å². The second-order valence-electron chi connectivity index (χ2n) is 3.47. The van der Waals surface area contributed by atoms with E-state index in [0.717, 1.165) is 6.07 Å². The van der Waals surface area contributed by atoms with E-state index in [2.05, 4.69) is 0 Å². The Kier molecular flexibility index (Phi) is 3.08. The summed E-state index contributed by atoms with van der Waals surface area (Å²) in [5.41, 5.74) is 0.352. The number of hydrogen-bond acceptors (Lipinski definition) is 4. The molecule has 0 spiro atoms. The lowest BCUT2D eigenvalue weighted by Gasteiger charge is -2.03. The van der Waals surface area contributed by atoms with Crippen LogP contribution in [0.3, 0.4) is 0 Å². The lowest BCUT2D eigenvalue weighted by Crippen LogP contribution is -2.30. The van der Waals surface area contributed by atoms with Crippen molar-refractivity contribution in [3.63, 3.8) is 0 Å². The van der Waals surface area contributed by atoms with Gasteiger partial charge in [-0.3, -0.25) is 4.79 Å². The second kappa shape index (κ2) is 4.53. The predicted molar refractivity (Wildman–Crippen MR) is 59.3 cm³/mol. The van der Waals surface area contributed by atoms with Crippen molar-refractivity contribution in [3.8, 4) is 11.3 Å². The van der Waals surface area contributed by atoms with Crippen LogP contribution >= 0.6 is 0 Å². The van der Waals surface area contributed by atoms with E-state index < -0.39 is 12.9 Å². The van der Waals surface area contributed by atoms with Crippen molar-refractivity contribution < 1.29 is 23.7 Å². The molecule has 2 rings (SSSR count). The molecule has 0 atom stereocenters. The molecule has 0 radical (unpaired) electrons. The van der Waals surface area contributed by atoms with Crippen molar-refractivity contribution in [3.05, 3.63) is 41.9 Å². The zero-order valence-electron chi connectivity index (χ0n) is 8.63. The minimum Gasteiger partial charge on any atom is -0.453 e. The largest absolute Gasteiger partial charge is 0.488 e. The molecule has 2 N–H and O–H groups in total. The maximum Gasteiger partial charge on any atom is 0.488 e. The monoisotopic (exact) mass is 234 g/mol. The summed E-state index contributed by atoms with van der Waals surface area (Å²) in [4.78, 5) is 10.4. The Morgan fingerprint density at radius 2 is 2.00 bits per heavy atom. The summed E-state index contributed by atoms with van der Waals surface area (Å²) in [7, 11) is -1.76. The summed E-state index contributed by atoms with van der Waals surface area (Å²) < 4.78 is 18.3. The maximum atomic E-state index is 13.2. The molecule has 0 aliphatic rings. The Hall–Kier alpha value is -1.92. The molecule has 1 heterocycles. The highest BCUT2D eigenvalue weighted by atomic mass is 19.1. The van der Waals surface area contributed by atoms with Crippen LogP contribution in [0.25, 0.3) is 11.3 Å². The standard InChI is InChI=1S/C11H8BFO4/c13-9-4-7(3-8(5-9)12(15)16)11-2-1-10(6-14)17-11/h1-6,15-16H. The van der Waals surface area contributed by atoms with E-state index in [1.54, 1.807) is 0 Å². The number of benzene rings is 1. The van der Waals surface area contributed by atoms with Crippen molar-refractivity contribution in [1.82, 2.24) is 0 Å². The Morgan fingerprint density at radius 1 is 1.24 bits per heavy atom. The molecule has 0 amide bonds. The number of hydrogen-bond donors (Lipinski definition) is 2. The van der Waals surface area contributed by atoms with Crippen LogP contribution in [-0.2, 0) is 0 Å². The van der Waals surface area contributed by atoms with E-state index in [1.807, 2.05) is 0 Å². The van der Waals surface area contributed by atoms with Crippen molar-refractivity contribution in [1.29, 1.82) is 0 Å². The molecular formula is C11H8BFO4. The van der Waals surface area contributed by atoms with Crippen LogP contribution in [-0.4, -0.2) is 23.5 Å². The molecule has 2 aromatic rings. The molecule has 0 saturated carbocycles. The molecule has 0 unspecified atom stereocenters. The second-order valence-corrected chi connectivity index (χ2v) is 3.47. The summed E-state index contributed by atoms with van der Waals surface area (Å²) in [5, 5.41) is 17.9. The van der Waals surface area contributed by atoms with Crippen LogP contribution in [0, 0.1) is 5.82 Å². The number of halogens is 1. The van der Waals surface area contributed by atoms with E-state index >= 15 is 0 Å². The van der Waals surface area contributed by atoms with Gasteiger partial charge < -0.3 is 14.5 Å². The van der Waals surface area contributed by atoms with Crippen LogP contribution in [0.1, 0.15) is 10.6 Å². The molecule has 17 heavy (non-hydrogen) atoms. The zero-order valence-corrected chi connectivity index (χ0v) is 8.63. The van der Waals surface area contributed by atoms with Gasteiger partial charge in [0.2, 0.25) is 0 Å². The van der Waals surface area contributed by atoms with Crippen LogP contribution in [0.2, 0.25) is 0 Å².